The molecule has 0 aromatic heterocycles. The average molecular weight is 425 g/mol. The zero-order valence-electron chi connectivity index (χ0n) is 13.7. The van der Waals surface area contributed by atoms with Crippen LogP contribution in [0.15, 0.2) is 48.5 Å². The molecule has 0 saturated heterocycles. The summed E-state index contributed by atoms with van der Waals surface area (Å²) < 4.78 is 68.7. The van der Waals surface area contributed by atoms with Crippen LogP contribution in [-0.4, -0.2) is 24.8 Å². The van der Waals surface area contributed by atoms with E-state index in [4.69, 9.17) is 4.74 Å². The molecule has 0 fully saturated rings. The standard InChI is InChI=1S/C16H12F5NO5S/c17-28(18,19,20,21)27-14-7-5-13(6-8-14)22-15(24)10-26-16(25)12-3-1-11(9-23)2-4-12/h1-9H,10H2,(H,22,24). The Morgan fingerprint density at radius 3 is 2.00 bits per heavy atom. The number of benzene rings is 2. The van der Waals surface area contributed by atoms with Gasteiger partial charge in [-0.05, 0) is 36.4 Å². The molecule has 0 heterocycles. The Labute approximate surface area is 155 Å². The van der Waals surface area contributed by atoms with E-state index in [9.17, 15) is 33.8 Å². The van der Waals surface area contributed by atoms with Gasteiger partial charge in [-0.1, -0.05) is 31.6 Å². The van der Waals surface area contributed by atoms with Gasteiger partial charge in [-0.2, -0.15) is 0 Å². The van der Waals surface area contributed by atoms with E-state index in [1.54, 1.807) is 0 Å². The Balaban J connectivity index is 1.89. The number of ether oxygens (including phenoxy) is 1. The normalized spacial score (nSPS) is 13.6. The first-order valence-electron chi connectivity index (χ1n) is 7.31. The zero-order valence-corrected chi connectivity index (χ0v) is 14.6. The van der Waals surface area contributed by atoms with E-state index in [1.807, 2.05) is 0 Å². The van der Waals surface area contributed by atoms with Gasteiger partial charge in [-0.15, -0.1) is 0 Å². The number of amides is 1. The maximum Gasteiger partial charge on any atom is 0.435 e. The maximum atomic E-state index is 12.2. The molecule has 0 atom stereocenters. The van der Waals surface area contributed by atoms with Crippen LogP contribution in [0.5, 0.6) is 5.75 Å². The Morgan fingerprint density at radius 1 is 0.929 bits per heavy atom. The van der Waals surface area contributed by atoms with Gasteiger partial charge in [0.1, 0.15) is 12.0 Å². The summed E-state index contributed by atoms with van der Waals surface area (Å²) in [5.41, 5.74) is 0.397. The number of carbonyl (C=O) groups is 3. The molecule has 0 saturated carbocycles. The number of halogens is 5. The summed E-state index contributed by atoms with van der Waals surface area (Å²) in [5.74, 6) is -2.81. The molecular formula is C16H12F5NO5S. The van der Waals surface area contributed by atoms with Crippen LogP contribution in [0, 0.1) is 0 Å². The largest absolute Gasteiger partial charge is 0.452 e. The Bertz CT molecular complexity index is 899. The van der Waals surface area contributed by atoms with Crippen molar-refractivity contribution in [1.29, 1.82) is 0 Å². The minimum absolute atomic E-state index is 0.0362. The molecule has 0 bridgehead atoms. The third-order valence-corrected chi connectivity index (χ3v) is 3.52. The van der Waals surface area contributed by atoms with Crippen molar-refractivity contribution < 1.29 is 42.7 Å². The van der Waals surface area contributed by atoms with Crippen molar-refractivity contribution in [2.75, 3.05) is 11.9 Å². The number of rotatable bonds is 7. The molecule has 28 heavy (non-hydrogen) atoms. The van der Waals surface area contributed by atoms with E-state index < -0.39 is 34.7 Å². The monoisotopic (exact) mass is 425 g/mol. The van der Waals surface area contributed by atoms with Crippen molar-refractivity contribution in [2.24, 2.45) is 0 Å². The maximum absolute atomic E-state index is 12.2. The van der Waals surface area contributed by atoms with Gasteiger partial charge < -0.3 is 14.2 Å². The highest BCUT2D eigenvalue weighted by Gasteiger charge is 2.67. The third kappa shape index (κ3) is 7.23. The molecule has 0 aliphatic heterocycles. The molecule has 2 rings (SSSR count). The zero-order chi connectivity index (χ0) is 21.1. The Morgan fingerprint density at radius 2 is 1.50 bits per heavy atom. The van der Waals surface area contributed by atoms with Gasteiger partial charge in [0.05, 0.1) is 5.56 Å². The van der Waals surface area contributed by atoms with E-state index >= 15 is 0 Å². The van der Waals surface area contributed by atoms with Crippen LogP contribution in [0.4, 0.5) is 25.1 Å². The molecule has 6 nitrogen and oxygen atoms in total. The highest BCUT2D eigenvalue weighted by atomic mass is 32.5. The molecule has 0 unspecified atom stereocenters. The van der Waals surface area contributed by atoms with Crippen LogP contribution in [0.3, 0.4) is 0 Å². The molecule has 0 aliphatic rings. The summed E-state index contributed by atoms with van der Waals surface area (Å²) >= 11 is 0. The third-order valence-electron chi connectivity index (χ3n) is 3.01. The lowest BCUT2D eigenvalue weighted by atomic mass is 10.1. The van der Waals surface area contributed by atoms with Gasteiger partial charge in [0.2, 0.25) is 0 Å². The number of esters is 1. The summed E-state index contributed by atoms with van der Waals surface area (Å²) in [7, 11) is -10.1. The predicted octanol–water partition coefficient (Wildman–Crippen LogP) is 4.89. The topological polar surface area (TPSA) is 81.7 Å². The summed E-state index contributed by atoms with van der Waals surface area (Å²) in [4.78, 5) is 34.0. The lowest BCUT2D eigenvalue weighted by Gasteiger charge is -2.39. The molecular weight excluding hydrogens is 413 g/mol. The van der Waals surface area contributed by atoms with E-state index in [0.29, 0.717) is 24.0 Å². The van der Waals surface area contributed by atoms with Crippen LogP contribution >= 0.6 is 10.5 Å². The van der Waals surface area contributed by atoms with Gasteiger partial charge in [0.15, 0.2) is 6.61 Å². The number of nitrogens with one attached hydrogen (secondary N) is 1. The second kappa shape index (κ2) is 6.78. The van der Waals surface area contributed by atoms with Gasteiger partial charge in [0.25, 0.3) is 5.91 Å². The molecule has 12 heteroatoms. The summed E-state index contributed by atoms with van der Waals surface area (Å²) in [6, 6.07) is 8.37. The molecule has 0 spiro atoms. The molecule has 0 radical (unpaired) electrons. The van der Waals surface area contributed by atoms with Gasteiger partial charge in [-0.25, -0.2) is 4.79 Å². The lowest BCUT2D eigenvalue weighted by Crippen LogP contribution is -2.21. The molecule has 1 amide bonds. The van der Waals surface area contributed by atoms with Crippen LogP contribution in [0.1, 0.15) is 20.7 Å². The number of hydrogen-bond donors (Lipinski definition) is 1. The second-order valence-electron chi connectivity index (χ2n) is 5.37. The molecule has 152 valence electrons. The summed E-state index contributed by atoms with van der Waals surface area (Å²) in [6.07, 6.45) is 0.580. The first-order valence-corrected chi connectivity index (χ1v) is 9.19. The highest BCUT2D eigenvalue weighted by molar-refractivity contribution is 8.42. The first-order chi connectivity index (χ1) is 12.7. The predicted molar refractivity (Wildman–Crippen MR) is 90.9 cm³/mol. The van der Waals surface area contributed by atoms with E-state index in [1.165, 1.54) is 24.3 Å². The van der Waals surface area contributed by atoms with Crippen molar-refractivity contribution in [3.8, 4) is 5.75 Å². The quantitative estimate of drug-likeness (QED) is 0.388. The van der Waals surface area contributed by atoms with Crippen LogP contribution < -0.4 is 9.50 Å². The fourth-order valence-electron chi connectivity index (χ4n) is 1.88. The average Bonchev–Trinajstić information content (AvgIpc) is 2.59. The van der Waals surface area contributed by atoms with Crippen molar-refractivity contribution >= 4 is 34.4 Å². The Kier molecular flexibility index (Phi) is 5.12. The minimum atomic E-state index is -10.1. The SMILES string of the molecule is O=Cc1ccc(C(=O)OCC(=O)Nc2ccc(OS(F)(F)(F)(F)F)cc2)cc1. The van der Waals surface area contributed by atoms with Crippen molar-refractivity contribution in [3.05, 3.63) is 59.7 Å². The van der Waals surface area contributed by atoms with Crippen molar-refractivity contribution in [3.63, 3.8) is 0 Å². The highest BCUT2D eigenvalue weighted by Crippen LogP contribution is 2.97. The van der Waals surface area contributed by atoms with E-state index in [-0.39, 0.29) is 11.3 Å². The summed E-state index contributed by atoms with van der Waals surface area (Å²) in [5, 5.41) is 2.20. The first kappa shape index (κ1) is 21.2. The van der Waals surface area contributed by atoms with Crippen molar-refractivity contribution in [1.82, 2.24) is 0 Å². The van der Waals surface area contributed by atoms with Gasteiger partial charge in [0, 0.05) is 11.3 Å². The number of aldehydes is 1. The van der Waals surface area contributed by atoms with E-state index in [2.05, 4.69) is 9.50 Å². The van der Waals surface area contributed by atoms with Crippen LogP contribution in [0.25, 0.3) is 0 Å². The molecule has 1 N–H and O–H groups in total. The van der Waals surface area contributed by atoms with Crippen LogP contribution in [0.2, 0.25) is 0 Å². The molecule has 2 aromatic rings. The fourth-order valence-corrected chi connectivity index (χ4v) is 2.36. The minimum Gasteiger partial charge on any atom is -0.452 e. The Hall–Kier alpha value is -3.15. The number of carbonyl (C=O) groups excluding carboxylic acids is 3. The van der Waals surface area contributed by atoms with Crippen LogP contribution in [-0.2, 0) is 9.53 Å². The fraction of sp³-hybridized carbons (Fsp3) is 0.0625. The molecule has 2 aromatic carbocycles. The number of hydrogen-bond acceptors (Lipinski definition) is 5. The second-order valence-corrected chi connectivity index (χ2v) is 7.33. The van der Waals surface area contributed by atoms with Gasteiger partial charge in [-0.3, -0.25) is 9.59 Å². The van der Waals surface area contributed by atoms with Crippen molar-refractivity contribution in [2.45, 2.75) is 0 Å². The molecule has 0 aliphatic carbocycles. The van der Waals surface area contributed by atoms with Gasteiger partial charge >= 0.3 is 16.5 Å². The van der Waals surface area contributed by atoms with E-state index in [0.717, 1.165) is 12.1 Å². The lowest BCUT2D eigenvalue weighted by molar-refractivity contribution is -0.119. The number of anilines is 1. The summed E-state index contributed by atoms with van der Waals surface area (Å²) in [6.45, 7) is -0.710. The smallest absolute Gasteiger partial charge is 0.435 e.